The summed E-state index contributed by atoms with van der Waals surface area (Å²) in [4.78, 5) is 27.6. The number of carbonyl (C=O) groups is 2. The molecule has 3 rings (SSSR count). The van der Waals surface area contributed by atoms with Gasteiger partial charge in [-0.15, -0.1) is 0 Å². The molecule has 1 aliphatic heterocycles. The number of carbonyl (C=O) groups excluding carboxylic acids is 2. The van der Waals surface area contributed by atoms with Crippen molar-refractivity contribution in [1.29, 1.82) is 0 Å². The van der Waals surface area contributed by atoms with Gasteiger partial charge in [0.15, 0.2) is 5.70 Å². The third-order valence-corrected chi connectivity index (χ3v) is 3.60. The van der Waals surface area contributed by atoms with Crippen LogP contribution in [0.5, 0.6) is 5.75 Å². The van der Waals surface area contributed by atoms with Crippen LogP contribution < -0.4 is 4.74 Å². The zero-order valence-electron chi connectivity index (χ0n) is 14.2. The van der Waals surface area contributed by atoms with Gasteiger partial charge in [0.1, 0.15) is 11.6 Å². The second kappa shape index (κ2) is 7.31. The molecule has 2 aromatic carbocycles. The molecule has 1 heterocycles. The fraction of sp³-hybridized carbons (Fsp3) is 0.150. The van der Waals surface area contributed by atoms with Crippen molar-refractivity contribution in [3.05, 3.63) is 71.2 Å². The minimum absolute atomic E-state index is 0.0650. The molecule has 132 valence electrons. The van der Waals surface area contributed by atoms with E-state index in [0.29, 0.717) is 11.3 Å². The van der Waals surface area contributed by atoms with E-state index in [1.807, 2.05) is 0 Å². The predicted molar refractivity (Wildman–Crippen MR) is 93.9 cm³/mol. The highest BCUT2D eigenvalue weighted by molar-refractivity contribution is 6.12. The normalized spacial score (nSPS) is 15.2. The van der Waals surface area contributed by atoms with Gasteiger partial charge in [-0.3, -0.25) is 4.79 Å². The molecule has 6 heteroatoms. The van der Waals surface area contributed by atoms with Crippen LogP contribution in [-0.4, -0.2) is 17.8 Å². The Morgan fingerprint density at radius 1 is 1.15 bits per heavy atom. The Morgan fingerprint density at radius 2 is 1.85 bits per heavy atom. The molecule has 0 unspecified atom stereocenters. The number of nitrogens with zero attached hydrogens (tertiary/aromatic N) is 1. The summed E-state index contributed by atoms with van der Waals surface area (Å²) in [5.74, 6) is -1.38. The van der Waals surface area contributed by atoms with Gasteiger partial charge in [-0.25, -0.2) is 14.2 Å². The third kappa shape index (κ3) is 3.85. The fourth-order valence-corrected chi connectivity index (χ4v) is 2.18. The van der Waals surface area contributed by atoms with Crippen LogP contribution in [0.1, 0.15) is 25.0 Å². The number of ether oxygens (including phenoxy) is 2. The van der Waals surface area contributed by atoms with Crippen molar-refractivity contribution < 1.29 is 23.5 Å². The van der Waals surface area contributed by atoms with Crippen molar-refractivity contribution in [1.82, 2.24) is 0 Å². The van der Waals surface area contributed by atoms with Gasteiger partial charge in [-0.1, -0.05) is 38.1 Å². The average Bonchev–Trinajstić information content (AvgIpc) is 2.97. The highest BCUT2D eigenvalue weighted by Gasteiger charge is 2.25. The monoisotopic (exact) mass is 353 g/mol. The van der Waals surface area contributed by atoms with Crippen LogP contribution in [0.15, 0.2) is 59.2 Å². The summed E-state index contributed by atoms with van der Waals surface area (Å²) >= 11 is 0. The molecule has 5 nitrogen and oxygen atoms in total. The third-order valence-electron chi connectivity index (χ3n) is 3.60. The Morgan fingerprint density at radius 3 is 2.50 bits per heavy atom. The second-order valence-corrected chi connectivity index (χ2v) is 5.96. The Bertz CT molecular complexity index is 914. The standard InChI is InChI=1S/C20H16FNO4/c1-12(2)19(23)25-14-9-7-13(8-10-14)11-17-20(24)26-18(22-17)15-5-3-4-6-16(15)21/h3-12H,1-2H3/b17-11-. The van der Waals surface area contributed by atoms with Crippen LogP contribution in [0.2, 0.25) is 0 Å². The molecular formula is C20H16FNO4. The van der Waals surface area contributed by atoms with Gasteiger partial charge in [0.05, 0.1) is 11.5 Å². The van der Waals surface area contributed by atoms with Gasteiger partial charge in [0.25, 0.3) is 0 Å². The molecule has 0 fully saturated rings. The van der Waals surface area contributed by atoms with E-state index in [9.17, 15) is 14.0 Å². The number of cyclic esters (lactones) is 1. The van der Waals surface area contributed by atoms with Crippen molar-refractivity contribution in [2.45, 2.75) is 13.8 Å². The van der Waals surface area contributed by atoms with Gasteiger partial charge < -0.3 is 9.47 Å². The predicted octanol–water partition coefficient (Wildman–Crippen LogP) is 3.73. The first-order chi connectivity index (χ1) is 12.4. The largest absolute Gasteiger partial charge is 0.426 e. The minimum Gasteiger partial charge on any atom is -0.426 e. The SMILES string of the molecule is CC(C)C(=O)Oc1ccc(/C=C2\N=C(c3ccccc3F)OC2=O)cc1. The van der Waals surface area contributed by atoms with E-state index in [0.717, 1.165) is 0 Å². The van der Waals surface area contributed by atoms with Crippen LogP contribution in [-0.2, 0) is 14.3 Å². The number of benzene rings is 2. The summed E-state index contributed by atoms with van der Waals surface area (Å²) in [7, 11) is 0. The molecule has 0 spiro atoms. The molecule has 0 aliphatic carbocycles. The summed E-state index contributed by atoms with van der Waals surface area (Å²) in [5.41, 5.74) is 0.857. The van der Waals surface area contributed by atoms with E-state index in [4.69, 9.17) is 9.47 Å². The summed E-state index contributed by atoms with van der Waals surface area (Å²) in [6.07, 6.45) is 1.52. The van der Waals surface area contributed by atoms with Crippen molar-refractivity contribution in [2.24, 2.45) is 10.9 Å². The van der Waals surface area contributed by atoms with E-state index < -0.39 is 11.8 Å². The summed E-state index contributed by atoms with van der Waals surface area (Å²) in [6.45, 7) is 3.50. The van der Waals surface area contributed by atoms with Crippen LogP contribution in [0.3, 0.4) is 0 Å². The van der Waals surface area contributed by atoms with Crippen LogP contribution in [0.25, 0.3) is 6.08 Å². The molecule has 0 saturated heterocycles. The Balaban J connectivity index is 1.80. The zero-order chi connectivity index (χ0) is 18.7. The molecule has 0 amide bonds. The van der Waals surface area contributed by atoms with E-state index in [2.05, 4.69) is 4.99 Å². The fourth-order valence-electron chi connectivity index (χ4n) is 2.18. The molecule has 0 saturated carbocycles. The first-order valence-electron chi connectivity index (χ1n) is 8.03. The highest BCUT2D eigenvalue weighted by Crippen LogP contribution is 2.22. The minimum atomic E-state index is -0.654. The van der Waals surface area contributed by atoms with Gasteiger partial charge in [0.2, 0.25) is 5.90 Å². The summed E-state index contributed by atoms with van der Waals surface area (Å²) in [5, 5.41) is 0. The Hall–Kier alpha value is -3.28. The number of hydrogen-bond donors (Lipinski definition) is 0. The maximum Gasteiger partial charge on any atom is 0.363 e. The van der Waals surface area contributed by atoms with Crippen molar-refractivity contribution >= 4 is 23.9 Å². The van der Waals surface area contributed by atoms with Crippen molar-refractivity contribution in [2.75, 3.05) is 0 Å². The van der Waals surface area contributed by atoms with E-state index in [1.165, 1.54) is 18.2 Å². The molecule has 0 N–H and O–H groups in total. The number of aliphatic imine (C=N–C) groups is 1. The molecule has 26 heavy (non-hydrogen) atoms. The van der Waals surface area contributed by atoms with Crippen molar-refractivity contribution in [3.8, 4) is 5.75 Å². The van der Waals surface area contributed by atoms with Crippen molar-refractivity contribution in [3.63, 3.8) is 0 Å². The maximum atomic E-state index is 13.8. The smallest absolute Gasteiger partial charge is 0.363 e. The van der Waals surface area contributed by atoms with Crippen LogP contribution in [0, 0.1) is 11.7 Å². The number of halogens is 1. The van der Waals surface area contributed by atoms with E-state index in [1.54, 1.807) is 50.2 Å². The molecule has 0 aromatic heterocycles. The number of esters is 2. The lowest BCUT2D eigenvalue weighted by Gasteiger charge is -2.06. The van der Waals surface area contributed by atoms with E-state index in [-0.39, 0.29) is 29.0 Å². The summed E-state index contributed by atoms with van der Waals surface area (Å²) < 4.78 is 24.0. The maximum absolute atomic E-state index is 13.8. The Kier molecular flexibility index (Phi) is 4.93. The second-order valence-electron chi connectivity index (χ2n) is 5.96. The lowest BCUT2D eigenvalue weighted by Crippen LogP contribution is -2.14. The van der Waals surface area contributed by atoms with Gasteiger partial charge in [0, 0.05) is 0 Å². The first-order valence-corrected chi connectivity index (χ1v) is 8.03. The van der Waals surface area contributed by atoms with Crippen LogP contribution >= 0.6 is 0 Å². The lowest BCUT2D eigenvalue weighted by molar-refractivity contribution is -0.137. The quantitative estimate of drug-likeness (QED) is 0.477. The molecule has 0 bridgehead atoms. The van der Waals surface area contributed by atoms with Gasteiger partial charge in [-0.2, -0.15) is 0 Å². The molecule has 1 aliphatic rings. The molecular weight excluding hydrogens is 337 g/mol. The number of rotatable bonds is 4. The lowest BCUT2D eigenvalue weighted by atomic mass is 10.2. The first kappa shape index (κ1) is 17.5. The molecule has 2 aromatic rings. The van der Waals surface area contributed by atoms with Gasteiger partial charge in [-0.05, 0) is 35.9 Å². The zero-order valence-corrected chi connectivity index (χ0v) is 14.2. The highest BCUT2D eigenvalue weighted by atomic mass is 19.1. The molecule has 0 atom stereocenters. The van der Waals surface area contributed by atoms with Gasteiger partial charge >= 0.3 is 11.9 Å². The number of hydrogen-bond acceptors (Lipinski definition) is 5. The Labute approximate surface area is 149 Å². The molecule has 0 radical (unpaired) electrons. The summed E-state index contributed by atoms with van der Waals surface area (Å²) in [6, 6.07) is 12.5. The van der Waals surface area contributed by atoms with E-state index >= 15 is 0 Å². The van der Waals surface area contributed by atoms with Crippen LogP contribution in [0.4, 0.5) is 4.39 Å². The average molecular weight is 353 g/mol. The topological polar surface area (TPSA) is 65.0 Å².